The summed E-state index contributed by atoms with van der Waals surface area (Å²) in [4.78, 5) is 2.49. The highest BCUT2D eigenvalue weighted by Gasteiger charge is 2.44. The van der Waals surface area contributed by atoms with Crippen molar-refractivity contribution in [2.45, 2.75) is 77.4 Å². The molecule has 1 aliphatic carbocycles. The number of hydrogen-bond donors (Lipinski definition) is 0. The lowest BCUT2D eigenvalue weighted by atomic mass is 9.34. The number of allylic oxidation sites excluding steroid dienone is 2. The third-order valence-electron chi connectivity index (χ3n) is 15.7. The lowest BCUT2D eigenvalue weighted by Gasteiger charge is -2.32. The molecule has 0 fully saturated rings. The summed E-state index contributed by atoms with van der Waals surface area (Å²) in [7, 11) is 0. The van der Waals surface area contributed by atoms with Crippen molar-refractivity contribution in [2.24, 2.45) is 0 Å². The van der Waals surface area contributed by atoms with Crippen LogP contribution in [-0.2, 0) is 6.18 Å². The van der Waals surface area contributed by atoms with E-state index in [0.717, 1.165) is 83.1 Å². The van der Waals surface area contributed by atoms with Crippen molar-refractivity contribution >= 4 is 78.1 Å². The molecule has 0 N–H and O–H groups in total. The summed E-state index contributed by atoms with van der Waals surface area (Å²) in [5.41, 5.74) is 16.0. The summed E-state index contributed by atoms with van der Waals surface area (Å²) in [6, 6.07) is 53.4. The summed E-state index contributed by atoms with van der Waals surface area (Å²) in [5, 5.41) is 4.19. The molecule has 0 saturated heterocycles. The van der Waals surface area contributed by atoms with Crippen LogP contribution >= 0.6 is 0 Å². The van der Waals surface area contributed by atoms with Crippen molar-refractivity contribution < 1.29 is 17.9 Å². The molecule has 2 aliphatic heterocycles. The minimum Gasteiger partial charge on any atom is -0.458 e. The fourth-order valence-electron chi connectivity index (χ4n) is 12.5. The maximum atomic E-state index is 14.2. The molecular weight excluding hydrogens is 895 g/mol. The number of anilines is 2. The van der Waals surface area contributed by atoms with Crippen LogP contribution in [0.4, 0.5) is 24.5 Å². The van der Waals surface area contributed by atoms with Crippen LogP contribution in [0.1, 0.15) is 93.0 Å². The van der Waals surface area contributed by atoms with Gasteiger partial charge in [-0.3, -0.25) is 0 Å². The van der Waals surface area contributed by atoms with Gasteiger partial charge in [-0.25, -0.2) is 0 Å². The first-order chi connectivity index (χ1) is 34.9. The van der Waals surface area contributed by atoms with Gasteiger partial charge in [0.05, 0.1) is 39.4 Å². The summed E-state index contributed by atoms with van der Waals surface area (Å²) in [6.45, 7) is 13.8. The van der Waals surface area contributed by atoms with Gasteiger partial charge in [0, 0.05) is 56.2 Å². The monoisotopic (exact) mass is 947 g/mol. The average Bonchev–Trinajstić information content (AvgIpc) is 4.03. The molecule has 10 aromatic rings. The van der Waals surface area contributed by atoms with E-state index in [1.54, 1.807) is 12.1 Å². The second kappa shape index (κ2) is 16.4. The minimum absolute atomic E-state index is 0.0313. The van der Waals surface area contributed by atoms with E-state index >= 15 is 0 Å². The molecule has 8 heteroatoms. The van der Waals surface area contributed by atoms with E-state index in [2.05, 4.69) is 207 Å². The maximum absolute atomic E-state index is 14.2. The second-order valence-corrected chi connectivity index (χ2v) is 20.8. The number of nitrogens with zero attached hydrogens (tertiary/aromatic N) is 3. The summed E-state index contributed by atoms with van der Waals surface area (Å²) in [6.07, 6.45) is 4.50. The Bertz CT molecular complexity index is 3870. The van der Waals surface area contributed by atoms with Crippen LogP contribution in [0.3, 0.4) is 0 Å². The van der Waals surface area contributed by atoms with E-state index in [0.29, 0.717) is 23.4 Å². The van der Waals surface area contributed by atoms with Gasteiger partial charge in [0.25, 0.3) is 6.71 Å². The summed E-state index contributed by atoms with van der Waals surface area (Å²) in [5.74, 6) is 2.64. The number of para-hydroxylation sites is 4. The van der Waals surface area contributed by atoms with Crippen LogP contribution < -0.4 is 26.0 Å². The molecule has 4 nitrogen and oxygen atoms in total. The molecule has 0 radical (unpaired) electrons. The Morgan fingerprint density at radius 1 is 0.528 bits per heavy atom. The second-order valence-electron chi connectivity index (χ2n) is 20.8. The number of hydrogen-bond acceptors (Lipinski definition) is 2. The van der Waals surface area contributed by atoms with Crippen LogP contribution in [0.2, 0.25) is 0 Å². The van der Waals surface area contributed by atoms with Crippen molar-refractivity contribution in [1.29, 1.82) is 0 Å². The van der Waals surface area contributed by atoms with Crippen LogP contribution in [-0.4, -0.2) is 21.9 Å². The average molecular weight is 948 g/mol. The first-order valence-corrected chi connectivity index (χ1v) is 25.4. The predicted molar refractivity (Wildman–Crippen MR) is 293 cm³/mol. The molecule has 354 valence electrons. The fourth-order valence-corrected chi connectivity index (χ4v) is 12.5. The van der Waals surface area contributed by atoms with Gasteiger partial charge >= 0.3 is 6.18 Å². The summed E-state index contributed by atoms with van der Waals surface area (Å²) >= 11 is 0. The van der Waals surface area contributed by atoms with E-state index in [-0.39, 0.29) is 18.7 Å². The maximum Gasteiger partial charge on any atom is 0.416 e. The molecule has 8 aromatic carbocycles. The lowest BCUT2D eigenvalue weighted by Crippen LogP contribution is -2.57. The number of rotatable bonds is 7. The van der Waals surface area contributed by atoms with E-state index in [1.165, 1.54) is 39.8 Å². The first-order valence-electron chi connectivity index (χ1n) is 25.4. The van der Waals surface area contributed by atoms with Gasteiger partial charge in [-0.1, -0.05) is 162 Å². The van der Waals surface area contributed by atoms with E-state index < -0.39 is 11.7 Å². The van der Waals surface area contributed by atoms with Crippen molar-refractivity contribution in [2.75, 3.05) is 4.90 Å². The van der Waals surface area contributed by atoms with Crippen molar-refractivity contribution in [3.63, 3.8) is 0 Å². The van der Waals surface area contributed by atoms with Crippen LogP contribution in [0, 0.1) is 0 Å². The predicted octanol–water partition coefficient (Wildman–Crippen LogP) is 15.6. The molecule has 0 bridgehead atoms. The number of halogens is 3. The Morgan fingerprint density at radius 2 is 1.11 bits per heavy atom. The standard InChI is InChI=1S/C64H53BF3N3O/c1-37(2)40-34-48(38(3)4)60(49(35-40)39(5)6)65-50-23-13-17-27-55(50)72-56-36-44(32-33-51(56)65)71-54-26-16-12-22-47(54)59-62-57(46-21-11-15-25-53(46)70(62)43-30-28-41(29-31-43)64(66,67)68)61-58(63(59)71)45-20-10-14-24-52(45)69(61)42-18-8-7-9-19-42/h7-39,45,52H,1-6H3. The van der Waals surface area contributed by atoms with Gasteiger partial charge < -0.3 is 18.8 Å². The molecule has 2 unspecified atom stereocenters. The Morgan fingerprint density at radius 3 is 1.78 bits per heavy atom. The highest BCUT2D eigenvalue weighted by molar-refractivity contribution is 6.97. The number of fused-ring (bicyclic) bond motifs is 14. The number of benzene rings is 8. The third-order valence-corrected chi connectivity index (χ3v) is 15.7. The number of alkyl halides is 3. The van der Waals surface area contributed by atoms with Crippen molar-refractivity contribution in [3.8, 4) is 22.9 Å². The van der Waals surface area contributed by atoms with E-state index in [4.69, 9.17) is 4.74 Å². The van der Waals surface area contributed by atoms with Crippen molar-refractivity contribution in [1.82, 2.24) is 9.13 Å². The Kier molecular flexibility index (Phi) is 10.1. The molecule has 3 aliphatic rings. The van der Waals surface area contributed by atoms with Gasteiger partial charge in [0.2, 0.25) is 0 Å². The molecule has 4 heterocycles. The van der Waals surface area contributed by atoms with Gasteiger partial charge in [-0.05, 0) is 106 Å². The quantitative estimate of drug-likeness (QED) is 0.149. The van der Waals surface area contributed by atoms with E-state index in [1.807, 2.05) is 6.07 Å². The highest BCUT2D eigenvalue weighted by Crippen LogP contribution is 2.58. The lowest BCUT2D eigenvalue weighted by molar-refractivity contribution is -0.137. The summed E-state index contributed by atoms with van der Waals surface area (Å²) < 4.78 is 54.4. The molecule has 2 aromatic heterocycles. The van der Waals surface area contributed by atoms with Gasteiger partial charge in [-0.2, -0.15) is 13.2 Å². The van der Waals surface area contributed by atoms with Gasteiger partial charge in [0.1, 0.15) is 11.5 Å². The Hall–Kier alpha value is -7.71. The SMILES string of the molecule is CC(C)c1cc(C(C)C)c(B2c3ccccc3Oc3cc(-n4c5ccccc5c5c4c4c(c6c7ccccc7n(-c7ccc(C(F)(F)F)cc7)c65)N(c5ccccc5)C5C=CC=CC45)ccc32)c(C(C)C)c1. The fraction of sp³-hybridized carbons (Fsp3) is 0.188. The smallest absolute Gasteiger partial charge is 0.416 e. The van der Waals surface area contributed by atoms with Gasteiger partial charge in [0.15, 0.2) is 0 Å². The highest BCUT2D eigenvalue weighted by atomic mass is 19.4. The molecule has 13 rings (SSSR count). The van der Waals surface area contributed by atoms with Gasteiger partial charge in [-0.15, -0.1) is 0 Å². The molecule has 72 heavy (non-hydrogen) atoms. The van der Waals surface area contributed by atoms with E-state index in [9.17, 15) is 13.2 Å². The zero-order valence-corrected chi connectivity index (χ0v) is 41.2. The first kappa shape index (κ1) is 44.3. The zero-order chi connectivity index (χ0) is 49.3. The molecule has 0 spiro atoms. The Labute approximate surface area is 418 Å². The molecular formula is C64H53BF3N3O. The molecule has 2 atom stereocenters. The minimum atomic E-state index is -4.47. The van der Waals surface area contributed by atoms with Crippen molar-refractivity contribution in [3.05, 3.63) is 210 Å². The Balaban J connectivity index is 1.16. The molecule has 0 saturated carbocycles. The number of ether oxygens (including phenoxy) is 1. The zero-order valence-electron chi connectivity index (χ0n) is 41.2. The number of aromatic nitrogens is 2. The topological polar surface area (TPSA) is 22.3 Å². The van der Waals surface area contributed by atoms with Crippen LogP contribution in [0.25, 0.3) is 55.0 Å². The molecule has 0 amide bonds. The van der Waals surface area contributed by atoms with Crippen LogP contribution in [0.15, 0.2) is 182 Å². The third kappa shape index (κ3) is 6.53. The largest absolute Gasteiger partial charge is 0.458 e. The normalized spacial score (nSPS) is 16.2. The van der Waals surface area contributed by atoms with Crippen LogP contribution in [0.5, 0.6) is 11.5 Å².